The zero-order valence-corrected chi connectivity index (χ0v) is 14.1. The molecule has 0 radical (unpaired) electrons. The number of hydrogen-bond donors (Lipinski definition) is 1. The van der Waals surface area contributed by atoms with Gasteiger partial charge in [0.1, 0.15) is 17.9 Å². The van der Waals surface area contributed by atoms with Gasteiger partial charge in [0.15, 0.2) is 0 Å². The SMILES string of the molecule is COc1cccc(COCCNc2ncnc3cc(Cl)ccc23)c1. The van der Waals surface area contributed by atoms with Gasteiger partial charge in [-0.15, -0.1) is 0 Å². The molecule has 124 valence electrons. The number of aromatic nitrogens is 2. The van der Waals surface area contributed by atoms with Crippen LogP contribution in [0.5, 0.6) is 5.75 Å². The summed E-state index contributed by atoms with van der Waals surface area (Å²) in [6.07, 6.45) is 1.53. The van der Waals surface area contributed by atoms with E-state index in [0.29, 0.717) is 24.8 Å². The van der Waals surface area contributed by atoms with Crippen LogP contribution in [0.4, 0.5) is 5.82 Å². The van der Waals surface area contributed by atoms with E-state index in [1.165, 1.54) is 6.33 Å². The zero-order chi connectivity index (χ0) is 16.8. The Labute approximate surface area is 145 Å². The summed E-state index contributed by atoms with van der Waals surface area (Å²) in [6.45, 7) is 1.76. The van der Waals surface area contributed by atoms with E-state index in [1.807, 2.05) is 42.5 Å². The molecule has 1 heterocycles. The highest BCUT2D eigenvalue weighted by Crippen LogP contribution is 2.22. The number of ether oxygens (including phenoxy) is 2. The Morgan fingerprint density at radius 3 is 2.92 bits per heavy atom. The summed E-state index contributed by atoms with van der Waals surface area (Å²) in [7, 11) is 1.66. The van der Waals surface area contributed by atoms with Gasteiger partial charge in [-0.2, -0.15) is 0 Å². The highest BCUT2D eigenvalue weighted by molar-refractivity contribution is 6.31. The Bertz CT molecular complexity index is 826. The Kier molecular flexibility index (Phi) is 5.46. The van der Waals surface area contributed by atoms with Crippen LogP contribution in [0.2, 0.25) is 5.02 Å². The molecule has 0 spiro atoms. The maximum Gasteiger partial charge on any atom is 0.137 e. The van der Waals surface area contributed by atoms with Crippen molar-refractivity contribution in [2.45, 2.75) is 6.61 Å². The van der Waals surface area contributed by atoms with Crippen LogP contribution >= 0.6 is 11.6 Å². The van der Waals surface area contributed by atoms with Gasteiger partial charge in [0.2, 0.25) is 0 Å². The predicted molar refractivity (Wildman–Crippen MR) is 95.7 cm³/mol. The van der Waals surface area contributed by atoms with E-state index in [9.17, 15) is 0 Å². The first kappa shape index (κ1) is 16.5. The fourth-order valence-corrected chi connectivity index (χ4v) is 2.53. The minimum absolute atomic E-state index is 0.541. The van der Waals surface area contributed by atoms with Crippen LogP contribution in [-0.4, -0.2) is 30.2 Å². The van der Waals surface area contributed by atoms with Crippen LogP contribution in [-0.2, 0) is 11.3 Å². The molecule has 0 saturated heterocycles. The van der Waals surface area contributed by atoms with Crippen molar-refractivity contribution in [1.29, 1.82) is 0 Å². The molecule has 0 aliphatic rings. The fraction of sp³-hybridized carbons (Fsp3) is 0.222. The number of nitrogens with one attached hydrogen (secondary N) is 1. The molecular formula is C18H18ClN3O2. The molecule has 1 N–H and O–H groups in total. The molecular weight excluding hydrogens is 326 g/mol. The first-order valence-corrected chi connectivity index (χ1v) is 7.99. The maximum atomic E-state index is 5.99. The lowest BCUT2D eigenvalue weighted by atomic mass is 10.2. The lowest BCUT2D eigenvalue weighted by Gasteiger charge is -2.09. The van der Waals surface area contributed by atoms with Crippen molar-refractivity contribution in [3.05, 3.63) is 59.4 Å². The van der Waals surface area contributed by atoms with Crippen molar-refractivity contribution in [1.82, 2.24) is 9.97 Å². The Hall–Kier alpha value is -2.37. The number of halogens is 1. The minimum atomic E-state index is 0.541. The normalized spacial score (nSPS) is 10.8. The summed E-state index contributed by atoms with van der Waals surface area (Å²) in [6, 6.07) is 13.4. The van der Waals surface area contributed by atoms with Crippen molar-refractivity contribution in [2.75, 3.05) is 25.6 Å². The summed E-state index contributed by atoms with van der Waals surface area (Å²) >= 11 is 5.99. The van der Waals surface area contributed by atoms with Crippen molar-refractivity contribution in [3.63, 3.8) is 0 Å². The second kappa shape index (κ2) is 7.95. The van der Waals surface area contributed by atoms with Gasteiger partial charge < -0.3 is 14.8 Å². The van der Waals surface area contributed by atoms with Crippen molar-refractivity contribution < 1.29 is 9.47 Å². The van der Waals surface area contributed by atoms with E-state index in [2.05, 4.69) is 15.3 Å². The van der Waals surface area contributed by atoms with Crippen molar-refractivity contribution >= 4 is 28.3 Å². The molecule has 6 heteroatoms. The number of anilines is 1. The van der Waals surface area contributed by atoms with Gasteiger partial charge in [-0.3, -0.25) is 0 Å². The molecule has 24 heavy (non-hydrogen) atoms. The Balaban J connectivity index is 1.52. The van der Waals surface area contributed by atoms with E-state index < -0.39 is 0 Å². The molecule has 1 aromatic heterocycles. The van der Waals surface area contributed by atoms with E-state index >= 15 is 0 Å². The van der Waals surface area contributed by atoms with Gasteiger partial charge in [0.05, 0.1) is 25.8 Å². The summed E-state index contributed by atoms with van der Waals surface area (Å²) in [5, 5.41) is 4.87. The lowest BCUT2D eigenvalue weighted by Crippen LogP contribution is -2.11. The highest BCUT2D eigenvalue weighted by atomic mass is 35.5. The molecule has 0 fully saturated rings. The van der Waals surface area contributed by atoms with Crippen LogP contribution in [0.3, 0.4) is 0 Å². The summed E-state index contributed by atoms with van der Waals surface area (Å²) in [5.41, 5.74) is 1.90. The molecule has 0 unspecified atom stereocenters. The van der Waals surface area contributed by atoms with E-state index in [1.54, 1.807) is 7.11 Å². The molecule has 0 aliphatic heterocycles. The summed E-state index contributed by atoms with van der Waals surface area (Å²) < 4.78 is 10.9. The Morgan fingerprint density at radius 1 is 1.12 bits per heavy atom. The zero-order valence-electron chi connectivity index (χ0n) is 13.3. The molecule has 0 bridgehead atoms. The third-order valence-electron chi connectivity index (χ3n) is 3.54. The number of benzene rings is 2. The van der Waals surface area contributed by atoms with Crippen molar-refractivity contribution in [3.8, 4) is 5.75 Å². The summed E-state index contributed by atoms with van der Waals surface area (Å²) in [4.78, 5) is 8.50. The largest absolute Gasteiger partial charge is 0.497 e. The van der Waals surface area contributed by atoms with Crippen LogP contribution in [0.15, 0.2) is 48.8 Å². The fourth-order valence-electron chi connectivity index (χ4n) is 2.36. The van der Waals surface area contributed by atoms with Crippen molar-refractivity contribution in [2.24, 2.45) is 0 Å². The summed E-state index contributed by atoms with van der Waals surface area (Å²) in [5.74, 6) is 1.61. The molecule has 3 aromatic rings. The Morgan fingerprint density at radius 2 is 2.04 bits per heavy atom. The molecule has 0 aliphatic carbocycles. The van der Waals surface area contributed by atoms with E-state index in [4.69, 9.17) is 21.1 Å². The second-order valence-corrected chi connectivity index (χ2v) is 5.65. The van der Waals surface area contributed by atoms with Gasteiger partial charge in [0, 0.05) is 17.0 Å². The third kappa shape index (κ3) is 4.13. The van der Waals surface area contributed by atoms with Gasteiger partial charge >= 0.3 is 0 Å². The van der Waals surface area contributed by atoms with E-state index in [0.717, 1.165) is 28.0 Å². The first-order chi connectivity index (χ1) is 11.8. The molecule has 5 nitrogen and oxygen atoms in total. The number of fused-ring (bicyclic) bond motifs is 1. The monoisotopic (exact) mass is 343 g/mol. The van der Waals surface area contributed by atoms with Crippen LogP contribution in [0.25, 0.3) is 10.9 Å². The number of methoxy groups -OCH3 is 1. The van der Waals surface area contributed by atoms with Crippen LogP contribution in [0, 0.1) is 0 Å². The molecule has 2 aromatic carbocycles. The molecule has 0 saturated carbocycles. The van der Waals surface area contributed by atoms with Gasteiger partial charge in [-0.05, 0) is 35.9 Å². The van der Waals surface area contributed by atoms with Crippen LogP contribution in [0.1, 0.15) is 5.56 Å². The van der Waals surface area contributed by atoms with Gasteiger partial charge in [-0.25, -0.2) is 9.97 Å². The third-order valence-corrected chi connectivity index (χ3v) is 3.78. The average molecular weight is 344 g/mol. The first-order valence-electron chi connectivity index (χ1n) is 7.61. The number of nitrogens with zero attached hydrogens (tertiary/aromatic N) is 2. The van der Waals surface area contributed by atoms with Crippen LogP contribution < -0.4 is 10.1 Å². The quantitative estimate of drug-likeness (QED) is 0.659. The minimum Gasteiger partial charge on any atom is -0.497 e. The maximum absolute atomic E-state index is 5.99. The predicted octanol–water partition coefficient (Wildman–Crippen LogP) is 3.92. The second-order valence-electron chi connectivity index (χ2n) is 5.21. The standard InChI is InChI=1S/C18H18ClN3O2/c1-23-15-4-2-3-13(9-15)11-24-8-7-20-18-16-6-5-14(19)10-17(16)21-12-22-18/h2-6,9-10,12H,7-8,11H2,1H3,(H,20,21,22). The molecule has 0 amide bonds. The smallest absolute Gasteiger partial charge is 0.137 e. The average Bonchev–Trinajstić information content (AvgIpc) is 2.61. The highest BCUT2D eigenvalue weighted by Gasteiger charge is 2.03. The molecule has 0 atom stereocenters. The number of rotatable bonds is 7. The lowest BCUT2D eigenvalue weighted by molar-refractivity contribution is 0.130. The topological polar surface area (TPSA) is 56.3 Å². The van der Waals surface area contributed by atoms with Gasteiger partial charge in [-0.1, -0.05) is 23.7 Å². The number of hydrogen-bond acceptors (Lipinski definition) is 5. The van der Waals surface area contributed by atoms with E-state index in [-0.39, 0.29) is 0 Å². The van der Waals surface area contributed by atoms with Gasteiger partial charge in [0.25, 0.3) is 0 Å². The molecule has 3 rings (SSSR count).